The molecule has 16 heavy (non-hydrogen) atoms. The van der Waals surface area contributed by atoms with E-state index in [4.69, 9.17) is 0 Å². The van der Waals surface area contributed by atoms with Crippen LogP contribution in [0, 0.1) is 0 Å². The standard InChI is InChI=1S/C14H30N2/c1-7-8-9-15-14(6)10-12(2,3)16-13(4,5)11-14/h15-16H,7-11H2,1-6H3. The van der Waals surface area contributed by atoms with Gasteiger partial charge in [-0.15, -0.1) is 0 Å². The Morgan fingerprint density at radius 1 is 1.00 bits per heavy atom. The third kappa shape index (κ3) is 4.06. The van der Waals surface area contributed by atoms with Gasteiger partial charge in [0, 0.05) is 16.6 Å². The quantitative estimate of drug-likeness (QED) is 0.720. The van der Waals surface area contributed by atoms with Gasteiger partial charge in [0.15, 0.2) is 0 Å². The highest BCUT2D eigenvalue weighted by atomic mass is 15.1. The SMILES string of the molecule is CCCCNC1(C)CC(C)(C)NC(C)(C)C1. The molecule has 0 aromatic carbocycles. The molecule has 0 saturated carbocycles. The Balaban J connectivity index is 2.64. The number of piperidine rings is 1. The molecule has 2 N–H and O–H groups in total. The molecular weight excluding hydrogens is 196 g/mol. The van der Waals surface area contributed by atoms with Crippen LogP contribution in [0.5, 0.6) is 0 Å². The third-order valence-corrected chi connectivity index (χ3v) is 3.42. The first kappa shape index (κ1) is 14.0. The van der Waals surface area contributed by atoms with E-state index in [1.165, 1.54) is 25.7 Å². The van der Waals surface area contributed by atoms with Crippen LogP contribution in [0.15, 0.2) is 0 Å². The summed E-state index contributed by atoms with van der Waals surface area (Å²) in [6.45, 7) is 15.0. The van der Waals surface area contributed by atoms with Crippen LogP contribution in [0.25, 0.3) is 0 Å². The van der Waals surface area contributed by atoms with E-state index in [-0.39, 0.29) is 16.6 Å². The summed E-state index contributed by atoms with van der Waals surface area (Å²) in [6, 6.07) is 0. The van der Waals surface area contributed by atoms with Crippen LogP contribution in [0.3, 0.4) is 0 Å². The van der Waals surface area contributed by atoms with Crippen LogP contribution in [-0.2, 0) is 0 Å². The average Bonchev–Trinajstić information content (AvgIpc) is 1.96. The second-order valence-corrected chi connectivity index (χ2v) is 7.09. The van der Waals surface area contributed by atoms with Crippen molar-refractivity contribution in [2.75, 3.05) is 6.54 Å². The first-order valence-corrected chi connectivity index (χ1v) is 6.72. The first-order chi connectivity index (χ1) is 7.18. The topological polar surface area (TPSA) is 24.1 Å². The average molecular weight is 226 g/mol. The summed E-state index contributed by atoms with van der Waals surface area (Å²) in [7, 11) is 0. The van der Waals surface area contributed by atoms with Crippen molar-refractivity contribution in [2.45, 2.75) is 83.8 Å². The number of rotatable bonds is 4. The van der Waals surface area contributed by atoms with Crippen molar-refractivity contribution in [3.63, 3.8) is 0 Å². The Bertz CT molecular complexity index is 215. The molecule has 0 aromatic heterocycles. The lowest BCUT2D eigenvalue weighted by atomic mass is 9.72. The fourth-order valence-corrected chi connectivity index (χ4v) is 3.71. The van der Waals surface area contributed by atoms with Gasteiger partial charge in [-0.2, -0.15) is 0 Å². The first-order valence-electron chi connectivity index (χ1n) is 6.72. The predicted molar refractivity (Wildman–Crippen MR) is 71.8 cm³/mol. The lowest BCUT2D eigenvalue weighted by Gasteiger charge is -2.52. The van der Waals surface area contributed by atoms with Gasteiger partial charge in [0.1, 0.15) is 0 Å². The summed E-state index contributed by atoms with van der Waals surface area (Å²) < 4.78 is 0. The highest BCUT2D eigenvalue weighted by Gasteiger charge is 2.43. The Morgan fingerprint density at radius 2 is 1.50 bits per heavy atom. The van der Waals surface area contributed by atoms with E-state index in [0.29, 0.717) is 0 Å². The number of nitrogens with one attached hydrogen (secondary N) is 2. The number of hydrogen-bond acceptors (Lipinski definition) is 2. The van der Waals surface area contributed by atoms with Crippen LogP contribution in [0.2, 0.25) is 0 Å². The van der Waals surface area contributed by atoms with Crippen LogP contribution < -0.4 is 10.6 Å². The van der Waals surface area contributed by atoms with Gasteiger partial charge in [0.05, 0.1) is 0 Å². The van der Waals surface area contributed by atoms with Crippen molar-refractivity contribution in [3.8, 4) is 0 Å². The van der Waals surface area contributed by atoms with E-state index in [1.807, 2.05) is 0 Å². The minimum absolute atomic E-state index is 0.232. The summed E-state index contributed by atoms with van der Waals surface area (Å²) in [5, 5.41) is 7.51. The van der Waals surface area contributed by atoms with Crippen molar-refractivity contribution in [2.24, 2.45) is 0 Å². The van der Waals surface area contributed by atoms with Crippen molar-refractivity contribution in [1.29, 1.82) is 0 Å². The van der Waals surface area contributed by atoms with Crippen molar-refractivity contribution in [3.05, 3.63) is 0 Å². The Kier molecular flexibility index (Phi) is 4.07. The van der Waals surface area contributed by atoms with Gasteiger partial charge in [0.25, 0.3) is 0 Å². The highest BCUT2D eigenvalue weighted by molar-refractivity contribution is 5.05. The molecule has 1 aliphatic rings. The fourth-order valence-electron chi connectivity index (χ4n) is 3.71. The van der Waals surface area contributed by atoms with Crippen LogP contribution in [-0.4, -0.2) is 23.2 Å². The number of hydrogen-bond donors (Lipinski definition) is 2. The van der Waals surface area contributed by atoms with E-state index in [0.717, 1.165) is 6.54 Å². The molecule has 0 atom stereocenters. The summed E-state index contributed by atoms with van der Waals surface area (Å²) in [6.07, 6.45) is 4.96. The van der Waals surface area contributed by atoms with Gasteiger partial charge in [-0.25, -0.2) is 0 Å². The minimum atomic E-state index is 0.232. The zero-order valence-electron chi connectivity index (χ0n) is 12.0. The molecule has 1 fully saturated rings. The largest absolute Gasteiger partial charge is 0.311 e. The van der Waals surface area contributed by atoms with Crippen molar-refractivity contribution < 1.29 is 0 Å². The van der Waals surface area contributed by atoms with Crippen molar-refractivity contribution >= 4 is 0 Å². The normalized spacial score (nSPS) is 26.6. The predicted octanol–water partition coefficient (Wildman–Crippen LogP) is 3.08. The van der Waals surface area contributed by atoms with Gasteiger partial charge in [-0.05, 0) is 60.4 Å². The third-order valence-electron chi connectivity index (χ3n) is 3.42. The summed E-state index contributed by atoms with van der Waals surface area (Å²) >= 11 is 0. The van der Waals surface area contributed by atoms with E-state index >= 15 is 0 Å². The van der Waals surface area contributed by atoms with E-state index < -0.39 is 0 Å². The zero-order chi connectivity index (χ0) is 12.4. The molecular formula is C14H30N2. The van der Waals surface area contributed by atoms with Crippen LogP contribution in [0.1, 0.15) is 67.2 Å². The maximum absolute atomic E-state index is 3.77. The molecule has 1 aliphatic heterocycles. The van der Waals surface area contributed by atoms with E-state index in [9.17, 15) is 0 Å². The zero-order valence-corrected chi connectivity index (χ0v) is 12.0. The molecule has 0 bridgehead atoms. The molecule has 2 nitrogen and oxygen atoms in total. The molecule has 0 aliphatic carbocycles. The maximum Gasteiger partial charge on any atom is 0.0188 e. The molecule has 0 unspecified atom stereocenters. The molecule has 1 rings (SSSR count). The molecule has 2 heteroatoms. The summed E-state index contributed by atoms with van der Waals surface area (Å²) in [4.78, 5) is 0. The van der Waals surface area contributed by atoms with Gasteiger partial charge < -0.3 is 10.6 Å². The van der Waals surface area contributed by atoms with Gasteiger partial charge in [0.2, 0.25) is 0 Å². The smallest absolute Gasteiger partial charge is 0.0188 e. The molecule has 1 saturated heterocycles. The molecule has 0 aromatic rings. The number of unbranched alkanes of at least 4 members (excludes halogenated alkanes) is 1. The Labute approximate surface area is 102 Å². The fraction of sp³-hybridized carbons (Fsp3) is 1.00. The van der Waals surface area contributed by atoms with Gasteiger partial charge >= 0.3 is 0 Å². The highest BCUT2D eigenvalue weighted by Crippen LogP contribution is 2.35. The summed E-state index contributed by atoms with van der Waals surface area (Å²) in [5.74, 6) is 0. The monoisotopic (exact) mass is 226 g/mol. The second-order valence-electron chi connectivity index (χ2n) is 7.09. The van der Waals surface area contributed by atoms with Crippen molar-refractivity contribution in [1.82, 2.24) is 10.6 Å². The van der Waals surface area contributed by atoms with Gasteiger partial charge in [-0.3, -0.25) is 0 Å². The van der Waals surface area contributed by atoms with E-state index in [1.54, 1.807) is 0 Å². The second kappa shape index (κ2) is 4.66. The molecule has 1 heterocycles. The molecule has 0 radical (unpaired) electrons. The lowest BCUT2D eigenvalue weighted by molar-refractivity contribution is 0.0911. The molecule has 0 amide bonds. The van der Waals surface area contributed by atoms with Gasteiger partial charge in [-0.1, -0.05) is 13.3 Å². The van der Waals surface area contributed by atoms with Crippen LogP contribution >= 0.6 is 0 Å². The molecule has 96 valence electrons. The Hall–Kier alpha value is -0.0800. The minimum Gasteiger partial charge on any atom is -0.311 e. The lowest BCUT2D eigenvalue weighted by Crippen LogP contribution is -2.66. The van der Waals surface area contributed by atoms with E-state index in [2.05, 4.69) is 52.2 Å². The molecule has 0 spiro atoms. The Morgan fingerprint density at radius 3 is 1.94 bits per heavy atom. The summed E-state index contributed by atoms with van der Waals surface area (Å²) in [5.41, 5.74) is 0.749. The maximum atomic E-state index is 3.77. The van der Waals surface area contributed by atoms with Crippen LogP contribution in [0.4, 0.5) is 0 Å².